The maximum absolute atomic E-state index is 12.9. The lowest BCUT2D eigenvalue weighted by Gasteiger charge is -2.23. The van der Waals surface area contributed by atoms with E-state index in [0.717, 1.165) is 0 Å². The molecule has 41 heavy (non-hydrogen) atoms. The molecule has 9 atom stereocenters. The standard InChI is InChI=1S/C21H26N9O10P/c1-36-21-14(13(33)20(39-21)30-7-28-10-16(23)25-6-27-18(10)30)40-41(34,35)37-4-9-11(31)12(32)19(38-9)29-3-2-8-15(22)24-5-26-17(8)29/h2-3,5-7,9,11-14,19-21,31-33H,4H2,1H3,(H,34,35)(H2,22,24,26)(H2,23,25,27)/t9-,11?,12?,13?,14?,19-,20-,21+/m1/s1. The largest absolute Gasteiger partial charge is 0.472 e. The van der Waals surface area contributed by atoms with Crippen molar-refractivity contribution in [3.05, 3.63) is 31.2 Å². The number of ether oxygens (including phenoxy) is 3. The summed E-state index contributed by atoms with van der Waals surface area (Å²) in [5.41, 5.74) is 12.5. The molecule has 6 rings (SSSR count). The first-order valence-electron chi connectivity index (χ1n) is 12.1. The van der Waals surface area contributed by atoms with Crippen molar-refractivity contribution in [2.45, 2.75) is 49.3 Å². The molecule has 0 aliphatic carbocycles. The Hall–Kier alpha value is -3.36. The third kappa shape index (κ3) is 4.81. The van der Waals surface area contributed by atoms with Crippen LogP contribution in [0.25, 0.3) is 22.2 Å². The van der Waals surface area contributed by atoms with Gasteiger partial charge in [0.25, 0.3) is 0 Å². The van der Waals surface area contributed by atoms with Crippen LogP contribution in [0, 0.1) is 0 Å². The molecule has 220 valence electrons. The van der Waals surface area contributed by atoms with E-state index in [0.29, 0.717) is 11.0 Å². The van der Waals surface area contributed by atoms with E-state index in [-0.39, 0.29) is 22.8 Å². The van der Waals surface area contributed by atoms with Crippen LogP contribution in [-0.2, 0) is 27.8 Å². The predicted octanol–water partition coefficient (Wildman–Crippen LogP) is -1.58. The highest BCUT2D eigenvalue weighted by molar-refractivity contribution is 7.47. The Morgan fingerprint density at radius 2 is 1.66 bits per heavy atom. The molecular weight excluding hydrogens is 569 g/mol. The monoisotopic (exact) mass is 595 g/mol. The van der Waals surface area contributed by atoms with E-state index in [1.807, 2.05) is 0 Å². The molecule has 0 bridgehead atoms. The van der Waals surface area contributed by atoms with Gasteiger partial charge in [0, 0.05) is 13.3 Å². The van der Waals surface area contributed by atoms with E-state index >= 15 is 0 Å². The van der Waals surface area contributed by atoms with Gasteiger partial charge in [-0.25, -0.2) is 29.5 Å². The van der Waals surface area contributed by atoms with Crippen LogP contribution in [-0.4, -0.2) is 105 Å². The van der Waals surface area contributed by atoms with Crippen LogP contribution < -0.4 is 11.5 Å². The highest BCUT2D eigenvalue weighted by Crippen LogP contribution is 2.49. The van der Waals surface area contributed by atoms with Gasteiger partial charge in [-0.3, -0.25) is 13.6 Å². The van der Waals surface area contributed by atoms with Crippen LogP contribution >= 0.6 is 7.82 Å². The first kappa shape index (κ1) is 27.8. The lowest BCUT2D eigenvalue weighted by molar-refractivity contribution is -0.159. The van der Waals surface area contributed by atoms with Crippen LogP contribution in [0.2, 0.25) is 0 Å². The van der Waals surface area contributed by atoms with Gasteiger partial charge in [-0.05, 0) is 6.07 Å². The maximum atomic E-state index is 12.9. The van der Waals surface area contributed by atoms with Crippen LogP contribution in [0.3, 0.4) is 0 Å². The van der Waals surface area contributed by atoms with Crippen LogP contribution in [0.1, 0.15) is 12.5 Å². The summed E-state index contributed by atoms with van der Waals surface area (Å²) < 4.78 is 42.6. The van der Waals surface area contributed by atoms with Gasteiger partial charge in [0.15, 0.2) is 36.3 Å². The van der Waals surface area contributed by atoms with Gasteiger partial charge in [0.05, 0.1) is 18.3 Å². The normalized spacial score (nSPS) is 31.7. The number of nitrogen functional groups attached to an aromatic ring is 2. The number of rotatable bonds is 8. The third-order valence-corrected chi connectivity index (χ3v) is 7.86. The zero-order valence-electron chi connectivity index (χ0n) is 21.2. The van der Waals surface area contributed by atoms with Crippen molar-refractivity contribution >= 4 is 41.7 Å². The molecule has 0 saturated carbocycles. The molecule has 4 aromatic heterocycles. The van der Waals surface area contributed by atoms with Crippen LogP contribution in [0.15, 0.2) is 31.2 Å². The molecule has 0 spiro atoms. The fraction of sp³-hybridized carbons (Fsp3) is 0.476. The number of phosphoric acid groups is 1. The van der Waals surface area contributed by atoms with Crippen molar-refractivity contribution in [2.75, 3.05) is 25.2 Å². The lowest BCUT2D eigenvalue weighted by Crippen LogP contribution is -2.36. The molecule has 2 aliphatic heterocycles. The SMILES string of the molecule is CO[C@H]1O[C@@H](n2cnc3c(N)ncnc32)C(O)C1OP(=O)(O)OC[C@H]1O[C@@H](n2ccc3c(N)ncnc32)C(O)C1O. The fourth-order valence-electron chi connectivity index (χ4n) is 4.85. The molecule has 5 unspecified atom stereocenters. The first-order valence-corrected chi connectivity index (χ1v) is 13.6. The summed E-state index contributed by atoms with van der Waals surface area (Å²) in [6, 6.07) is 1.62. The second-order valence-electron chi connectivity index (χ2n) is 9.30. The van der Waals surface area contributed by atoms with Crippen LogP contribution in [0.5, 0.6) is 0 Å². The Balaban J connectivity index is 1.14. The number of anilines is 2. The molecule has 2 saturated heterocycles. The van der Waals surface area contributed by atoms with E-state index in [1.54, 1.807) is 12.3 Å². The molecule has 0 aromatic carbocycles. The van der Waals surface area contributed by atoms with Crippen molar-refractivity contribution in [3.8, 4) is 0 Å². The number of imidazole rings is 1. The molecule has 20 heteroatoms. The summed E-state index contributed by atoms with van der Waals surface area (Å²) in [6.07, 6.45) is -5.53. The summed E-state index contributed by atoms with van der Waals surface area (Å²) >= 11 is 0. The van der Waals surface area contributed by atoms with Crippen molar-refractivity contribution < 1.29 is 48.0 Å². The summed E-state index contributed by atoms with van der Waals surface area (Å²) in [7, 11) is -3.67. The Labute approximate surface area is 229 Å². The van der Waals surface area contributed by atoms with E-state index in [4.69, 9.17) is 34.7 Å². The molecule has 4 aromatic rings. The quantitative estimate of drug-likeness (QED) is 0.125. The summed E-state index contributed by atoms with van der Waals surface area (Å²) in [5, 5.41) is 32.6. The van der Waals surface area contributed by atoms with E-state index in [9.17, 15) is 24.8 Å². The second kappa shape index (κ2) is 10.5. The molecule has 0 radical (unpaired) electrons. The number of methoxy groups -OCH3 is 1. The van der Waals surface area contributed by atoms with E-state index in [2.05, 4.69) is 24.9 Å². The number of hydrogen-bond acceptors (Lipinski definition) is 16. The second-order valence-corrected chi connectivity index (χ2v) is 10.7. The minimum atomic E-state index is -4.92. The summed E-state index contributed by atoms with van der Waals surface area (Å²) in [5.74, 6) is 0.324. The predicted molar refractivity (Wildman–Crippen MR) is 135 cm³/mol. The Morgan fingerprint density at radius 3 is 2.41 bits per heavy atom. The molecular formula is C21H26N9O10P. The average Bonchev–Trinajstić information content (AvgIpc) is 3.70. The number of nitrogens with two attached hydrogens (primary N) is 2. The number of nitrogens with zero attached hydrogens (tertiary/aromatic N) is 7. The summed E-state index contributed by atoms with van der Waals surface area (Å²) in [4.78, 5) is 30.6. The minimum Gasteiger partial charge on any atom is -0.387 e. The van der Waals surface area contributed by atoms with Gasteiger partial charge in [-0.1, -0.05) is 0 Å². The minimum absolute atomic E-state index is 0.108. The number of aromatic nitrogens is 7. The van der Waals surface area contributed by atoms with Crippen molar-refractivity contribution in [3.63, 3.8) is 0 Å². The lowest BCUT2D eigenvalue weighted by atomic mass is 10.1. The molecule has 0 amide bonds. The molecule has 8 N–H and O–H groups in total. The summed E-state index contributed by atoms with van der Waals surface area (Å²) in [6.45, 7) is -0.661. The molecule has 2 fully saturated rings. The number of hydrogen-bond donors (Lipinski definition) is 6. The highest BCUT2D eigenvalue weighted by atomic mass is 31.2. The fourth-order valence-corrected chi connectivity index (χ4v) is 5.78. The maximum Gasteiger partial charge on any atom is 0.472 e. The van der Waals surface area contributed by atoms with Crippen molar-refractivity contribution in [1.29, 1.82) is 0 Å². The third-order valence-electron chi connectivity index (χ3n) is 6.87. The first-order chi connectivity index (χ1) is 19.6. The van der Waals surface area contributed by atoms with Gasteiger partial charge < -0.3 is 50.5 Å². The highest BCUT2D eigenvalue weighted by Gasteiger charge is 2.51. The van der Waals surface area contributed by atoms with Gasteiger partial charge in [0.1, 0.15) is 54.1 Å². The Bertz CT molecular complexity index is 1620. The van der Waals surface area contributed by atoms with E-state index < -0.39 is 63.7 Å². The van der Waals surface area contributed by atoms with Crippen molar-refractivity contribution in [2.24, 2.45) is 0 Å². The zero-order valence-corrected chi connectivity index (χ0v) is 22.1. The topological polar surface area (TPSA) is 270 Å². The number of aliphatic hydroxyl groups excluding tert-OH is 3. The molecule has 6 heterocycles. The zero-order chi connectivity index (χ0) is 29.1. The number of aliphatic hydroxyl groups is 3. The average molecular weight is 595 g/mol. The molecule has 19 nitrogen and oxygen atoms in total. The van der Waals surface area contributed by atoms with E-state index in [1.165, 1.54) is 35.2 Å². The Kier molecular flexibility index (Phi) is 7.10. The number of phosphoric ester groups is 1. The van der Waals surface area contributed by atoms with Gasteiger partial charge in [-0.15, -0.1) is 0 Å². The van der Waals surface area contributed by atoms with Gasteiger partial charge in [-0.2, -0.15) is 0 Å². The Morgan fingerprint density at radius 1 is 0.951 bits per heavy atom. The van der Waals surface area contributed by atoms with Crippen molar-refractivity contribution in [1.82, 2.24) is 34.1 Å². The molecule has 2 aliphatic rings. The number of fused-ring (bicyclic) bond motifs is 2. The smallest absolute Gasteiger partial charge is 0.387 e. The van der Waals surface area contributed by atoms with Gasteiger partial charge in [0.2, 0.25) is 0 Å². The van der Waals surface area contributed by atoms with Crippen LogP contribution in [0.4, 0.5) is 11.6 Å². The van der Waals surface area contributed by atoms with Gasteiger partial charge >= 0.3 is 7.82 Å².